The van der Waals surface area contributed by atoms with Gasteiger partial charge in [0, 0.05) is 44.2 Å². The Hall–Kier alpha value is -5.12. The van der Waals surface area contributed by atoms with Crippen LogP contribution in [0.1, 0.15) is 11.1 Å². The molecule has 0 saturated heterocycles. The molecule has 4 nitrogen and oxygen atoms in total. The maximum absolute atomic E-state index is 16.3. The number of benzene rings is 4. The maximum Gasteiger partial charge on any atom is 0.380 e. The van der Waals surface area contributed by atoms with Crippen molar-refractivity contribution in [2.24, 2.45) is 0 Å². The number of para-hydroxylation sites is 2. The van der Waals surface area contributed by atoms with E-state index in [0.717, 1.165) is 0 Å². The van der Waals surface area contributed by atoms with E-state index in [1.165, 1.54) is 99.1 Å². The SMILES string of the molecule is COc1ccc(-c2oc3ccccc3c2C2=C(c3c(-c4ccc(OC)cc4)oc4ccccc34)C(F)(F)C(F)(F)C2(F)F)cc1. The molecule has 45 heavy (non-hydrogen) atoms. The highest BCUT2D eigenvalue weighted by atomic mass is 19.3. The van der Waals surface area contributed by atoms with E-state index < -0.39 is 40.0 Å². The molecule has 6 aromatic rings. The van der Waals surface area contributed by atoms with Crippen molar-refractivity contribution >= 4 is 33.1 Å². The van der Waals surface area contributed by atoms with E-state index in [4.69, 9.17) is 18.3 Å². The molecule has 0 radical (unpaired) electrons. The number of alkyl halides is 6. The zero-order valence-electron chi connectivity index (χ0n) is 23.6. The molecule has 0 atom stereocenters. The summed E-state index contributed by atoms with van der Waals surface area (Å²) in [5.41, 5.74) is -3.76. The Morgan fingerprint density at radius 1 is 0.489 bits per heavy atom. The number of fused-ring (bicyclic) bond motifs is 2. The molecule has 228 valence electrons. The smallest absolute Gasteiger partial charge is 0.380 e. The number of ether oxygens (including phenoxy) is 2. The summed E-state index contributed by atoms with van der Waals surface area (Å²) in [6.07, 6.45) is 0. The Balaban J connectivity index is 1.65. The summed E-state index contributed by atoms with van der Waals surface area (Å²) >= 11 is 0. The average Bonchev–Trinajstić information content (AvgIpc) is 3.64. The van der Waals surface area contributed by atoms with Gasteiger partial charge in [-0.05, 0) is 60.7 Å². The molecule has 0 aliphatic heterocycles. The van der Waals surface area contributed by atoms with Crippen LogP contribution in [0, 0.1) is 0 Å². The number of halogens is 6. The molecule has 0 spiro atoms. The van der Waals surface area contributed by atoms with E-state index in [2.05, 4.69) is 0 Å². The van der Waals surface area contributed by atoms with Crippen molar-refractivity contribution in [2.45, 2.75) is 17.8 Å². The van der Waals surface area contributed by atoms with Crippen molar-refractivity contribution < 1.29 is 44.7 Å². The average molecular weight is 621 g/mol. The summed E-state index contributed by atoms with van der Waals surface area (Å²) < 4.78 is 119. The molecule has 10 heteroatoms. The van der Waals surface area contributed by atoms with Crippen molar-refractivity contribution in [2.75, 3.05) is 14.2 Å². The van der Waals surface area contributed by atoms with Gasteiger partial charge in [-0.1, -0.05) is 36.4 Å². The lowest BCUT2D eigenvalue weighted by atomic mass is 9.89. The quantitative estimate of drug-likeness (QED) is 0.174. The van der Waals surface area contributed by atoms with Crippen LogP contribution in [0.5, 0.6) is 11.5 Å². The molecule has 1 aliphatic rings. The van der Waals surface area contributed by atoms with Gasteiger partial charge in [-0.2, -0.15) is 26.3 Å². The molecule has 0 saturated carbocycles. The molecule has 7 rings (SSSR count). The second-order valence-corrected chi connectivity index (χ2v) is 10.5. The van der Waals surface area contributed by atoms with E-state index in [1.54, 1.807) is 12.1 Å². The third kappa shape index (κ3) is 4.01. The van der Waals surface area contributed by atoms with E-state index in [-0.39, 0.29) is 44.6 Å². The summed E-state index contributed by atoms with van der Waals surface area (Å²) in [5, 5.41) is -0.0782. The van der Waals surface area contributed by atoms with Crippen molar-refractivity contribution in [3.8, 4) is 34.1 Å². The van der Waals surface area contributed by atoms with Gasteiger partial charge in [0.25, 0.3) is 0 Å². The zero-order valence-corrected chi connectivity index (χ0v) is 23.6. The Kier molecular flexibility index (Phi) is 6.33. The molecule has 0 N–H and O–H groups in total. The molecule has 0 bridgehead atoms. The van der Waals surface area contributed by atoms with Crippen LogP contribution in [0.25, 0.3) is 55.7 Å². The van der Waals surface area contributed by atoms with Crippen LogP contribution in [-0.4, -0.2) is 32.0 Å². The van der Waals surface area contributed by atoms with Gasteiger partial charge in [0.2, 0.25) is 0 Å². The molecule has 2 aromatic heterocycles. The van der Waals surface area contributed by atoms with Crippen LogP contribution in [0.2, 0.25) is 0 Å². The molecule has 1 aliphatic carbocycles. The van der Waals surface area contributed by atoms with E-state index in [9.17, 15) is 0 Å². The third-order valence-corrected chi connectivity index (χ3v) is 8.06. The predicted molar refractivity (Wildman–Crippen MR) is 158 cm³/mol. The summed E-state index contributed by atoms with van der Waals surface area (Å²) in [6.45, 7) is 0. The van der Waals surface area contributed by atoms with Gasteiger partial charge in [-0.3, -0.25) is 0 Å². The second kappa shape index (κ2) is 9.95. The normalized spacial score (nSPS) is 16.9. The Morgan fingerprint density at radius 3 is 1.20 bits per heavy atom. The van der Waals surface area contributed by atoms with E-state index >= 15 is 26.3 Å². The summed E-state index contributed by atoms with van der Waals surface area (Å²) in [5.74, 6) is -16.2. The third-order valence-electron chi connectivity index (χ3n) is 8.06. The van der Waals surface area contributed by atoms with Crippen LogP contribution in [0.4, 0.5) is 26.3 Å². The minimum Gasteiger partial charge on any atom is -0.497 e. The van der Waals surface area contributed by atoms with Gasteiger partial charge in [-0.15, -0.1) is 0 Å². The highest BCUT2D eigenvalue weighted by Crippen LogP contribution is 2.67. The minimum absolute atomic E-state index is 0.0391. The lowest BCUT2D eigenvalue weighted by Crippen LogP contribution is -2.48. The lowest BCUT2D eigenvalue weighted by Gasteiger charge is -2.26. The topological polar surface area (TPSA) is 44.7 Å². The summed E-state index contributed by atoms with van der Waals surface area (Å²) in [4.78, 5) is 0. The molecule has 2 heterocycles. The fourth-order valence-electron chi connectivity index (χ4n) is 5.87. The van der Waals surface area contributed by atoms with Crippen molar-refractivity contribution in [1.29, 1.82) is 0 Å². The van der Waals surface area contributed by atoms with Gasteiger partial charge in [0.15, 0.2) is 0 Å². The Bertz CT molecular complexity index is 1960. The first kappa shape index (κ1) is 28.6. The lowest BCUT2D eigenvalue weighted by molar-refractivity contribution is -0.254. The van der Waals surface area contributed by atoms with Gasteiger partial charge < -0.3 is 18.3 Å². The van der Waals surface area contributed by atoms with Crippen LogP contribution >= 0.6 is 0 Å². The van der Waals surface area contributed by atoms with Crippen LogP contribution in [0.3, 0.4) is 0 Å². The first-order chi connectivity index (χ1) is 21.5. The minimum atomic E-state index is -5.81. The van der Waals surface area contributed by atoms with Crippen molar-refractivity contribution in [3.05, 3.63) is 108 Å². The fraction of sp³-hybridized carbons (Fsp3) is 0.143. The Labute approximate surface area is 252 Å². The summed E-state index contributed by atoms with van der Waals surface area (Å²) in [6, 6.07) is 23.7. The van der Waals surface area contributed by atoms with E-state index in [1.807, 2.05) is 0 Å². The Morgan fingerprint density at radius 2 is 0.844 bits per heavy atom. The summed E-state index contributed by atoms with van der Waals surface area (Å²) in [7, 11) is 2.86. The zero-order chi connectivity index (χ0) is 31.7. The molecular weight excluding hydrogens is 598 g/mol. The fourth-order valence-corrected chi connectivity index (χ4v) is 5.87. The van der Waals surface area contributed by atoms with Crippen molar-refractivity contribution in [1.82, 2.24) is 0 Å². The molecule has 0 fully saturated rings. The predicted octanol–water partition coefficient (Wildman–Crippen LogP) is 10.4. The van der Waals surface area contributed by atoms with Gasteiger partial charge in [-0.25, -0.2) is 0 Å². The standard InChI is InChI=1S/C35H22F6O4/c1-42-21-15-11-19(12-16-21)31-27(23-7-3-5-9-25(23)44-31)29-30(34(38,39)35(40,41)33(29,36)37)28-24-8-4-6-10-26(24)45-32(28)20-13-17-22(43-2)18-14-20/h3-18H,1-2H3. The number of methoxy groups -OCH3 is 2. The van der Waals surface area contributed by atoms with Gasteiger partial charge >= 0.3 is 17.8 Å². The van der Waals surface area contributed by atoms with Gasteiger partial charge in [0.1, 0.15) is 34.2 Å². The monoisotopic (exact) mass is 620 g/mol. The number of furan rings is 2. The van der Waals surface area contributed by atoms with Gasteiger partial charge in [0.05, 0.1) is 14.2 Å². The first-order valence-electron chi connectivity index (χ1n) is 13.7. The first-order valence-corrected chi connectivity index (χ1v) is 13.7. The maximum atomic E-state index is 16.3. The molecule has 0 unspecified atom stereocenters. The van der Waals surface area contributed by atoms with Crippen LogP contribution in [0.15, 0.2) is 106 Å². The molecular formula is C35H22F6O4. The highest BCUT2D eigenvalue weighted by molar-refractivity contribution is 6.15. The van der Waals surface area contributed by atoms with Crippen molar-refractivity contribution in [3.63, 3.8) is 0 Å². The number of hydrogen-bond donors (Lipinski definition) is 0. The van der Waals surface area contributed by atoms with Crippen LogP contribution in [-0.2, 0) is 0 Å². The number of rotatable bonds is 6. The highest BCUT2D eigenvalue weighted by Gasteiger charge is 2.81. The van der Waals surface area contributed by atoms with E-state index in [0.29, 0.717) is 11.5 Å². The largest absolute Gasteiger partial charge is 0.497 e. The molecule has 4 aromatic carbocycles. The van der Waals surface area contributed by atoms with Crippen LogP contribution < -0.4 is 9.47 Å². The number of hydrogen-bond acceptors (Lipinski definition) is 4. The number of allylic oxidation sites excluding steroid dienone is 2. The molecule has 0 amide bonds. The second-order valence-electron chi connectivity index (χ2n) is 10.5.